The molecule has 0 aliphatic heterocycles. The molecule has 1 heterocycles. The quantitative estimate of drug-likeness (QED) is 0.480. The van der Waals surface area contributed by atoms with Gasteiger partial charge in [0.25, 0.3) is 0 Å². The van der Waals surface area contributed by atoms with Crippen LogP contribution >= 0.6 is 0 Å². The molecular weight excluding hydrogens is 348 g/mol. The van der Waals surface area contributed by atoms with Gasteiger partial charge in [-0.25, -0.2) is 4.98 Å². The minimum Gasteiger partial charge on any atom is -0.494 e. The second-order valence-electron chi connectivity index (χ2n) is 7.10. The summed E-state index contributed by atoms with van der Waals surface area (Å²) in [5.41, 5.74) is 3.33. The molecule has 28 heavy (non-hydrogen) atoms. The largest absolute Gasteiger partial charge is 0.494 e. The smallest absolute Gasteiger partial charge is 0.121 e. The molecule has 0 fully saturated rings. The first-order valence-corrected chi connectivity index (χ1v) is 10.3. The lowest BCUT2D eigenvalue weighted by Crippen LogP contribution is -2.25. The van der Waals surface area contributed by atoms with Crippen molar-refractivity contribution >= 4 is 11.0 Å². The predicted octanol–water partition coefficient (Wildman–Crippen LogP) is 4.52. The van der Waals surface area contributed by atoms with E-state index in [1.54, 1.807) is 0 Å². The Bertz CT molecular complexity index is 806. The molecule has 5 nitrogen and oxygen atoms in total. The topological polar surface area (TPSA) is 53.2 Å². The molecule has 1 unspecified atom stereocenters. The van der Waals surface area contributed by atoms with Gasteiger partial charge in [-0.15, -0.1) is 0 Å². The summed E-state index contributed by atoms with van der Waals surface area (Å²) in [6.07, 6.45) is 1.05. The zero-order chi connectivity index (χ0) is 19.8. The molecule has 2 N–H and O–H groups in total. The summed E-state index contributed by atoms with van der Waals surface area (Å²) in [6, 6.07) is 16.7. The van der Waals surface area contributed by atoms with Gasteiger partial charge in [0.15, 0.2) is 0 Å². The average Bonchev–Trinajstić information content (AvgIpc) is 3.15. The highest BCUT2D eigenvalue weighted by molar-refractivity contribution is 5.74. The highest BCUT2D eigenvalue weighted by atomic mass is 16.5. The second-order valence-corrected chi connectivity index (χ2v) is 7.10. The molecule has 5 heteroatoms. The van der Waals surface area contributed by atoms with E-state index in [1.165, 1.54) is 5.56 Å². The second kappa shape index (κ2) is 10.2. The number of aromatic nitrogens is 2. The third-order valence-electron chi connectivity index (χ3n) is 5.18. The first kappa shape index (κ1) is 20.4. The number of hydrogen-bond acceptors (Lipinski definition) is 4. The van der Waals surface area contributed by atoms with Crippen LogP contribution in [0.25, 0.3) is 11.0 Å². The van der Waals surface area contributed by atoms with Crippen LogP contribution in [-0.2, 0) is 6.54 Å². The van der Waals surface area contributed by atoms with Gasteiger partial charge in [-0.2, -0.15) is 0 Å². The van der Waals surface area contributed by atoms with Crippen LogP contribution in [0.4, 0.5) is 0 Å². The van der Waals surface area contributed by atoms with Crippen LogP contribution in [0.3, 0.4) is 0 Å². The van der Waals surface area contributed by atoms with Crippen LogP contribution < -0.4 is 10.1 Å². The third kappa shape index (κ3) is 5.57. The van der Waals surface area contributed by atoms with Gasteiger partial charge in [0, 0.05) is 12.6 Å². The van der Waals surface area contributed by atoms with Crippen LogP contribution in [0.1, 0.15) is 44.6 Å². The number of benzene rings is 2. The number of hydrogen-bond donors (Lipinski definition) is 2. The number of H-pyrrole nitrogens is 1. The maximum atomic E-state index is 5.88. The summed E-state index contributed by atoms with van der Waals surface area (Å²) in [5.74, 6) is 1.90. The van der Waals surface area contributed by atoms with Crippen molar-refractivity contribution in [1.82, 2.24) is 20.2 Å². The number of imidazole rings is 1. The predicted molar refractivity (Wildman–Crippen MR) is 116 cm³/mol. The van der Waals surface area contributed by atoms with Gasteiger partial charge in [-0.05, 0) is 56.3 Å². The molecule has 0 aliphatic rings. The van der Waals surface area contributed by atoms with E-state index in [2.05, 4.69) is 71.3 Å². The fraction of sp³-hybridized carbons (Fsp3) is 0.435. The van der Waals surface area contributed by atoms with Crippen molar-refractivity contribution in [2.24, 2.45) is 0 Å². The van der Waals surface area contributed by atoms with Crippen LogP contribution in [-0.4, -0.2) is 41.1 Å². The molecule has 3 aromatic rings. The van der Waals surface area contributed by atoms with Crippen molar-refractivity contribution in [3.8, 4) is 5.75 Å². The van der Waals surface area contributed by atoms with Crippen LogP contribution in [0.5, 0.6) is 5.75 Å². The number of para-hydroxylation sites is 2. The molecule has 2 aromatic carbocycles. The standard InChI is InChI=1S/C23H32N4O/c1-4-27(5-2)15-8-16-28-20-13-11-19(12-14-20)18(3)24-17-23-25-21-9-6-7-10-22(21)26-23/h6-7,9-14,18,24H,4-5,8,15-17H2,1-3H3,(H,25,26). The Hall–Kier alpha value is -2.37. The average molecular weight is 381 g/mol. The van der Waals surface area contributed by atoms with Crippen molar-refractivity contribution in [2.75, 3.05) is 26.2 Å². The summed E-state index contributed by atoms with van der Waals surface area (Å²) in [4.78, 5) is 10.4. The number of rotatable bonds is 11. The lowest BCUT2D eigenvalue weighted by molar-refractivity contribution is 0.249. The van der Waals surface area contributed by atoms with Gasteiger partial charge in [-0.3, -0.25) is 0 Å². The normalized spacial score (nSPS) is 12.6. The minimum atomic E-state index is 0.241. The van der Waals surface area contributed by atoms with Crippen LogP contribution in [0.15, 0.2) is 48.5 Å². The SMILES string of the molecule is CCN(CC)CCCOc1ccc(C(C)NCc2nc3ccccc3[nH]2)cc1. The first-order valence-electron chi connectivity index (χ1n) is 10.3. The van der Waals surface area contributed by atoms with E-state index < -0.39 is 0 Å². The van der Waals surface area contributed by atoms with Gasteiger partial charge >= 0.3 is 0 Å². The van der Waals surface area contributed by atoms with Gasteiger partial charge in [-0.1, -0.05) is 38.1 Å². The van der Waals surface area contributed by atoms with E-state index in [0.29, 0.717) is 6.54 Å². The van der Waals surface area contributed by atoms with E-state index in [4.69, 9.17) is 4.74 Å². The molecule has 150 valence electrons. The van der Waals surface area contributed by atoms with Gasteiger partial charge < -0.3 is 19.9 Å². The Labute approximate surface area is 168 Å². The summed E-state index contributed by atoms with van der Waals surface area (Å²) >= 11 is 0. The summed E-state index contributed by atoms with van der Waals surface area (Å²) in [7, 11) is 0. The molecule has 3 rings (SSSR count). The highest BCUT2D eigenvalue weighted by Crippen LogP contribution is 2.18. The lowest BCUT2D eigenvalue weighted by Gasteiger charge is -2.18. The Morgan fingerprint density at radius 1 is 1.07 bits per heavy atom. The third-order valence-corrected chi connectivity index (χ3v) is 5.18. The van der Waals surface area contributed by atoms with Gasteiger partial charge in [0.2, 0.25) is 0 Å². The molecule has 0 radical (unpaired) electrons. The number of aromatic amines is 1. The Kier molecular flexibility index (Phi) is 7.46. The van der Waals surface area contributed by atoms with E-state index in [9.17, 15) is 0 Å². The fourth-order valence-electron chi connectivity index (χ4n) is 3.33. The van der Waals surface area contributed by atoms with Crippen LogP contribution in [0.2, 0.25) is 0 Å². The number of ether oxygens (including phenoxy) is 1. The molecule has 0 spiro atoms. The van der Waals surface area contributed by atoms with E-state index in [-0.39, 0.29) is 6.04 Å². The van der Waals surface area contributed by atoms with E-state index in [1.807, 2.05) is 18.2 Å². The van der Waals surface area contributed by atoms with Crippen molar-refractivity contribution in [3.05, 3.63) is 59.9 Å². The Morgan fingerprint density at radius 3 is 2.54 bits per heavy atom. The fourth-order valence-corrected chi connectivity index (χ4v) is 3.33. The number of nitrogens with zero attached hydrogens (tertiary/aromatic N) is 2. The summed E-state index contributed by atoms with van der Waals surface area (Å²) in [6.45, 7) is 11.3. The molecule has 0 saturated heterocycles. The molecule has 0 saturated carbocycles. The lowest BCUT2D eigenvalue weighted by atomic mass is 10.1. The minimum absolute atomic E-state index is 0.241. The van der Waals surface area contributed by atoms with Crippen molar-refractivity contribution in [3.63, 3.8) is 0 Å². The molecule has 0 amide bonds. The number of nitrogens with one attached hydrogen (secondary N) is 2. The summed E-state index contributed by atoms with van der Waals surface area (Å²) < 4.78 is 5.88. The van der Waals surface area contributed by atoms with Crippen molar-refractivity contribution in [2.45, 2.75) is 39.8 Å². The zero-order valence-electron chi connectivity index (χ0n) is 17.2. The van der Waals surface area contributed by atoms with Gasteiger partial charge in [0.05, 0.1) is 24.2 Å². The first-order chi connectivity index (χ1) is 13.7. The van der Waals surface area contributed by atoms with E-state index in [0.717, 1.165) is 55.3 Å². The Morgan fingerprint density at radius 2 is 1.82 bits per heavy atom. The monoisotopic (exact) mass is 380 g/mol. The molecule has 0 aliphatic carbocycles. The maximum absolute atomic E-state index is 5.88. The van der Waals surface area contributed by atoms with Crippen LogP contribution in [0, 0.1) is 0 Å². The van der Waals surface area contributed by atoms with Crippen molar-refractivity contribution < 1.29 is 4.74 Å². The molecule has 1 atom stereocenters. The summed E-state index contributed by atoms with van der Waals surface area (Å²) in [5, 5.41) is 3.53. The van der Waals surface area contributed by atoms with E-state index >= 15 is 0 Å². The zero-order valence-corrected chi connectivity index (χ0v) is 17.2. The maximum Gasteiger partial charge on any atom is 0.121 e. The van der Waals surface area contributed by atoms with Gasteiger partial charge in [0.1, 0.15) is 11.6 Å². The Balaban J connectivity index is 1.44. The highest BCUT2D eigenvalue weighted by Gasteiger charge is 2.08. The van der Waals surface area contributed by atoms with Crippen molar-refractivity contribution in [1.29, 1.82) is 0 Å². The molecule has 1 aromatic heterocycles. The molecular formula is C23H32N4O. The molecule has 0 bridgehead atoms. The number of fused-ring (bicyclic) bond motifs is 1.